The predicted molar refractivity (Wildman–Crippen MR) is 38.2 cm³/mol. The van der Waals surface area contributed by atoms with Gasteiger partial charge < -0.3 is 5.73 Å². The van der Waals surface area contributed by atoms with Crippen LogP contribution in [-0.4, -0.2) is 21.3 Å². The van der Waals surface area contributed by atoms with Crippen LogP contribution in [0.4, 0.5) is 0 Å². The number of rotatable bonds is 0. The van der Waals surface area contributed by atoms with E-state index in [9.17, 15) is 0 Å². The van der Waals surface area contributed by atoms with Crippen molar-refractivity contribution < 1.29 is 0 Å². The monoisotopic (exact) mass is 117 g/mol. The molecule has 0 heterocycles. The van der Waals surface area contributed by atoms with E-state index in [1.165, 1.54) is 0 Å². The smallest absolute Gasteiger partial charge is 0.229 e. The molecule has 0 aromatic carbocycles. The molecule has 44 valence electrons. The van der Waals surface area contributed by atoms with Gasteiger partial charge in [0.25, 0.3) is 0 Å². The molecule has 0 aliphatic heterocycles. The summed E-state index contributed by atoms with van der Waals surface area (Å²) >= 11 is 0.417. The van der Waals surface area contributed by atoms with Crippen LogP contribution < -0.4 is 5.73 Å². The van der Waals surface area contributed by atoms with Crippen LogP contribution in [0.15, 0.2) is 0 Å². The first kappa shape index (κ1) is 10.5. The second-order valence-electron chi connectivity index (χ2n) is 1.95. The third-order valence-corrected chi connectivity index (χ3v) is 0. The third kappa shape index (κ3) is 540. The average molecular weight is 117 g/mol. The Morgan fingerprint density at radius 2 is 1.29 bits per heavy atom. The van der Waals surface area contributed by atoms with Crippen LogP contribution in [0.1, 0.15) is 13.8 Å². The van der Waals surface area contributed by atoms with Crippen molar-refractivity contribution in [2.45, 2.75) is 31.5 Å². The maximum absolute atomic E-state index is 5.11. The molecule has 0 saturated heterocycles. The Bertz CT molecular complexity index is 19.3. The van der Waals surface area contributed by atoms with Crippen LogP contribution in [0.25, 0.3) is 0 Å². The van der Waals surface area contributed by atoms with Crippen LogP contribution in [0.5, 0.6) is 0 Å². The van der Waals surface area contributed by atoms with Crippen LogP contribution >= 0.6 is 0 Å². The van der Waals surface area contributed by atoms with Gasteiger partial charge in [-0.2, -0.15) is 0 Å². The summed E-state index contributed by atoms with van der Waals surface area (Å²) in [4.78, 5) is 0. The molecule has 0 fully saturated rings. The molecule has 0 aromatic rings. The average Bonchev–Trinajstić information content (AvgIpc) is 1.33. The van der Waals surface area contributed by atoms with Gasteiger partial charge in [-0.05, 0) is 6.04 Å². The fourth-order valence-electron chi connectivity index (χ4n) is 0. The van der Waals surface area contributed by atoms with Gasteiger partial charge >= 0.3 is 0 Å². The van der Waals surface area contributed by atoms with Gasteiger partial charge in [0.1, 0.15) is 0 Å². The van der Waals surface area contributed by atoms with E-state index in [0.29, 0.717) is 21.3 Å². The number of hydrogen-bond donors (Lipinski definition) is 1. The SMILES string of the molecule is CC(C)N.[CH3][AlH][CH3]. The van der Waals surface area contributed by atoms with E-state index >= 15 is 0 Å². The summed E-state index contributed by atoms with van der Waals surface area (Å²) in [6.45, 7) is 3.89. The van der Waals surface area contributed by atoms with Crippen molar-refractivity contribution in [3.63, 3.8) is 0 Å². The predicted octanol–water partition coefficient (Wildman–Crippen LogP) is 0.873. The van der Waals surface area contributed by atoms with Crippen molar-refractivity contribution in [1.82, 2.24) is 0 Å². The van der Waals surface area contributed by atoms with Gasteiger partial charge in [0, 0.05) is 0 Å². The molecule has 0 atom stereocenters. The highest BCUT2D eigenvalue weighted by Gasteiger charge is 1.67. The van der Waals surface area contributed by atoms with Crippen LogP contribution in [-0.2, 0) is 0 Å². The minimum atomic E-state index is 0.333. The second kappa shape index (κ2) is 9.70. The van der Waals surface area contributed by atoms with Gasteiger partial charge in [0.2, 0.25) is 15.2 Å². The van der Waals surface area contributed by atoms with Crippen molar-refractivity contribution >= 4 is 15.2 Å². The molecule has 0 aliphatic carbocycles. The fraction of sp³-hybridized carbons (Fsp3) is 1.00. The first-order valence-corrected chi connectivity index (χ1v) is 5.73. The van der Waals surface area contributed by atoms with Crippen molar-refractivity contribution in [2.75, 3.05) is 0 Å². The summed E-state index contributed by atoms with van der Waals surface area (Å²) in [7, 11) is 0. The summed E-state index contributed by atoms with van der Waals surface area (Å²) in [5.41, 5.74) is 5.11. The van der Waals surface area contributed by atoms with Crippen LogP contribution in [0.2, 0.25) is 11.6 Å². The normalized spacial score (nSPS) is 7.14. The van der Waals surface area contributed by atoms with Gasteiger partial charge in [-0.3, -0.25) is 0 Å². The molecule has 0 spiro atoms. The van der Waals surface area contributed by atoms with Crippen LogP contribution in [0.3, 0.4) is 0 Å². The van der Waals surface area contributed by atoms with E-state index in [4.69, 9.17) is 5.73 Å². The molecule has 0 rings (SSSR count). The quantitative estimate of drug-likeness (QED) is 0.468. The van der Waals surface area contributed by atoms with Gasteiger partial charge in [-0.1, -0.05) is 13.8 Å². The molecule has 0 bridgehead atoms. The molecule has 0 saturated carbocycles. The number of nitrogens with two attached hydrogens (primary N) is 1. The highest BCUT2D eigenvalue weighted by molar-refractivity contribution is 6.31. The lowest BCUT2D eigenvalue weighted by atomic mass is 10.5. The Kier molecular flexibility index (Phi) is 14.5. The van der Waals surface area contributed by atoms with E-state index in [1.54, 1.807) is 0 Å². The maximum Gasteiger partial charge on any atom is 0.229 e. The molecule has 0 amide bonds. The summed E-state index contributed by atoms with van der Waals surface area (Å²) in [6.07, 6.45) is 0. The van der Waals surface area contributed by atoms with Gasteiger partial charge in [0.15, 0.2) is 0 Å². The summed E-state index contributed by atoms with van der Waals surface area (Å²) < 4.78 is 0. The molecule has 0 aromatic heterocycles. The molecule has 0 unspecified atom stereocenters. The lowest BCUT2D eigenvalue weighted by Gasteiger charge is -1.81. The van der Waals surface area contributed by atoms with Gasteiger partial charge in [0.05, 0.1) is 0 Å². The van der Waals surface area contributed by atoms with Crippen molar-refractivity contribution in [1.29, 1.82) is 0 Å². The molecule has 1 nitrogen and oxygen atoms in total. The first-order valence-electron chi connectivity index (χ1n) is 2.90. The minimum Gasteiger partial charge on any atom is -0.328 e. The fourth-order valence-corrected chi connectivity index (χ4v) is 0. The molecule has 0 aliphatic rings. The summed E-state index contributed by atoms with van der Waals surface area (Å²) in [5, 5.41) is 0. The van der Waals surface area contributed by atoms with E-state index in [-0.39, 0.29) is 0 Å². The Morgan fingerprint density at radius 3 is 1.29 bits per heavy atom. The highest BCUT2D eigenvalue weighted by Crippen LogP contribution is 1.58. The van der Waals surface area contributed by atoms with E-state index < -0.39 is 0 Å². The van der Waals surface area contributed by atoms with E-state index in [2.05, 4.69) is 11.6 Å². The molecule has 0 radical (unpaired) electrons. The molecule has 2 heteroatoms. The number of hydrogen-bond acceptors (Lipinski definition) is 1. The minimum absolute atomic E-state index is 0.333. The molecular formula is C5H16AlN. The zero-order valence-corrected chi connectivity index (χ0v) is 7.28. The summed E-state index contributed by atoms with van der Waals surface area (Å²) in [6, 6.07) is 0.333. The van der Waals surface area contributed by atoms with Gasteiger partial charge in [-0.15, -0.1) is 11.6 Å². The van der Waals surface area contributed by atoms with E-state index in [1.807, 2.05) is 13.8 Å². The Morgan fingerprint density at radius 1 is 1.29 bits per heavy atom. The zero-order chi connectivity index (χ0) is 6.28. The van der Waals surface area contributed by atoms with Crippen molar-refractivity contribution in [2.24, 2.45) is 5.73 Å². The Labute approximate surface area is 53.0 Å². The molecular weight excluding hydrogens is 101 g/mol. The van der Waals surface area contributed by atoms with Crippen molar-refractivity contribution in [3.05, 3.63) is 0 Å². The summed E-state index contributed by atoms with van der Waals surface area (Å²) in [5.74, 6) is 4.53. The highest BCUT2D eigenvalue weighted by atomic mass is 27.1. The van der Waals surface area contributed by atoms with E-state index in [0.717, 1.165) is 0 Å². The lowest BCUT2D eigenvalue weighted by Crippen LogP contribution is -2.06. The third-order valence-electron chi connectivity index (χ3n) is 0. The second-order valence-corrected chi connectivity index (χ2v) is 3.37. The Hall–Kier alpha value is 0.492. The largest absolute Gasteiger partial charge is 0.328 e. The first-order chi connectivity index (χ1) is 3.15. The van der Waals surface area contributed by atoms with Gasteiger partial charge in [-0.25, -0.2) is 0 Å². The maximum atomic E-state index is 5.11. The Balaban J connectivity index is 0. The van der Waals surface area contributed by atoms with Crippen LogP contribution in [0, 0.1) is 0 Å². The standard InChI is InChI=1S/C3H9N.2CH3.Al.H/c1-3(2)4;;;;/h3H,4H2,1-2H3;2*1H3;;. The lowest BCUT2D eigenvalue weighted by molar-refractivity contribution is 0.834. The molecule has 2 N–H and O–H groups in total. The zero-order valence-electron chi connectivity index (χ0n) is 5.86. The topological polar surface area (TPSA) is 26.0 Å². The van der Waals surface area contributed by atoms with Crippen molar-refractivity contribution in [3.8, 4) is 0 Å². The molecule has 7 heavy (non-hydrogen) atoms.